The third kappa shape index (κ3) is 5.41. The molecular formula is C43H28N6. The molecule has 4 heterocycles. The highest BCUT2D eigenvalue weighted by Gasteiger charge is 2.16. The lowest BCUT2D eigenvalue weighted by molar-refractivity contribution is 0.766. The molecule has 0 unspecified atom stereocenters. The van der Waals surface area contributed by atoms with Gasteiger partial charge in [0.05, 0.1) is 5.69 Å². The molecule has 9 aromatic rings. The van der Waals surface area contributed by atoms with E-state index in [2.05, 4.69) is 130 Å². The zero-order chi connectivity index (χ0) is 32.6. The first-order valence-electron chi connectivity index (χ1n) is 16.1. The van der Waals surface area contributed by atoms with Crippen molar-refractivity contribution in [3.05, 3.63) is 171 Å². The van der Waals surface area contributed by atoms with E-state index in [9.17, 15) is 0 Å². The van der Waals surface area contributed by atoms with Crippen LogP contribution in [0.1, 0.15) is 0 Å². The van der Waals surface area contributed by atoms with Crippen molar-refractivity contribution in [2.45, 2.75) is 0 Å². The predicted octanol–water partition coefficient (Wildman–Crippen LogP) is 10.1. The molecule has 0 saturated heterocycles. The van der Waals surface area contributed by atoms with Gasteiger partial charge in [0.25, 0.3) is 0 Å². The highest BCUT2D eigenvalue weighted by molar-refractivity contribution is 5.97. The Morgan fingerprint density at radius 2 is 1.04 bits per heavy atom. The van der Waals surface area contributed by atoms with Crippen molar-refractivity contribution in [2.24, 2.45) is 0 Å². The largest absolute Gasteiger partial charge is 0.264 e. The lowest BCUT2D eigenvalue weighted by Gasteiger charge is -2.10. The molecule has 5 aromatic carbocycles. The average molecular weight is 629 g/mol. The molecule has 49 heavy (non-hydrogen) atoms. The first-order valence-corrected chi connectivity index (χ1v) is 16.1. The second-order valence-corrected chi connectivity index (χ2v) is 12.0. The summed E-state index contributed by atoms with van der Waals surface area (Å²) in [7, 11) is 0. The molecule has 0 aliphatic carbocycles. The van der Waals surface area contributed by atoms with Crippen LogP contribution in [-0.4, -0.2) is 29.9 Å². The molecule has 0 fully saturated rings. The Morgan fingerprint density at radius 3 is 1.76 bits per heavy atom. The molecule has 230 valence electrons. The third-order valence-electron chi connectivity index (χ3n) is 8.92. The maximum absolute atomic E-state index is 5.09. The molecule has 0 amide bonds. The van der Waals surface area contributed by atoms with Crippen molar-refractivity contribution >= 4 is 21.8 Å². The van der Waals surface area contributed by atoms with E-state index in [1.807, 2.05) is 43.0 Å². The van der Waals surface area contributed by atoms with Gasteiger partial charge in [-0.1, -0.05) is 84.9 Å². The number of rotatable bonds is 6. The maximum Gasteiger partial charge on any atom is 0.121 e. The van der Waals surface area contributed by atoms with Gasteiger partial charge in [0.15, 0.2) is 0 Å². The van der Waals surface area contributed by atoms with Crippen molar-refractivity contribution in [2.75, 3.05) is 0 Å². The van der Waals surface area contributed by atoms with Crippen LogP contribution in [0.2, 0.25) is 0 Å². The Hall–Kier alpha value is -6.79. The van der Waals surface area contributed by atoms with Crippen molar-refractivity contribution in [1.29, 1.82) is 0 Å². The molecule has 6 heteroatoms. The monoisotopic (exact) mass is 628 g/mol. The standard InChI is InChI=1S/C43H28N6/c1-2-14-39-36(7-1)27-46-28-41(39)29-15-17-38(18-16-29)49-47-42-24-37(32-10-3-8-30(21-32)34-12-5-19-44-25-34)23-40(43(42)48-49)33-11-4-9-31(22-33)35-13-6-20-45-26-35/h1-28H. The maximum atomic E-state index is 5.09. The number of nitrogens with zero attached hydrogens (tertiary/aromatic N) is 6. The van der Waals surface area contributed by atoms with Crippen LogP contribution >= 0.6 is 0 Å². The van der Waals surface area contributed by atoms with E-state index in [-0.39, 0.29) is 0 Å². The highest BCUT2D eigenvalue weighted by Crippen LogP contribution is 2.36. The third-order valence-corrected chi connectivity index (χ3v) is 8.92. The summed E-state index contributed by atoms with van der Waals surface area (Å²) in [5.41, 5.74) is 13.3. The predicted molar refractivity (Wildman–Crippen MR) is 197 cm³/mol. The van der Waals surface area contributed by atoms with E-state index in [1.165, 1.54) is 5.39 Å². The molecule has 0 spiro atoms. The SMILES string of the molecule is c1cncc(-c2cccc(-c3cc(-c4cccc(-c5cccnc5)c4)c4nn(-c5ccc(-c6cncc7ccccc67)cc5)nc4c3)c2)c1. The van der Waals surface area contributed by atoms with E-state index in [1.54, 1.807) is 17.2 Å². The van der Waals surface area contributed by atoms with Crippen molar-refractivity contribution in [3.63, 3.8) is 0 Å². The Labute approximate surface area is 283 Å². The van der Waals surface area contributed by atoms with Gasteiger partial charge >= 0.3 is 0 Å². The number of pyridine rings is 3. The summed E-state index contributed by atoms with van der Waals surface area (Å²) in [4.78, 5) is 14.9. The van der Waals surface area contributed by atoms with Gasteiger partial charge in [-0.3, -0.25) is 15.0 Å². The van der Waals surface area contributed by atoms with Gasteiger partial charge in [0, 0.05) is 64.8 Å². The van der Waals surface area contributed by atoms with Gasteiger partial charge in [-0.2, -0.15) is 4.80 Å². The number of fused-ring (bicyclic) bond motifs is 2. The van der Waals surface area contributed by atoms with Crippen LogP contribution in [0.5, 0.6) is 0 Å². The van der Waals surface area contributed by atoms with Crippen LogP contribution in [-0.2, 0) is 0 Å². The van der Waals surface area contributed by atoms with E-state index >= 15 is 0 Å². The molecule has 0 bridgehead atoms. The molecule has 0 N–H and O–H groups in total. The van der Waals surface area contributed by atoms with Crippen LogP contribution < -0.4 is 0 Å². The summed E-state index contributed by atoms with van der Waals surface area (Å²) in [6.45, 7) is 0. The first-order chi connectivity index (χ1) is 24.3. The minimum absolute atomic E-state index is 0.813. The van der Waals surface area contributed by atoms with Gasteiger partial charge in [0.2, 0.25) is 0 Å². The summed E-state index contributed by atoms with van der Waals surface area (Å²) < 4.78 is 0. The van der Waals surface area contributed by atoms with Crippen LogP contribution in [0.3, 0.4) is 0 Å². The quantitative estimate of drug-likeness (QED) is 0.183. The van der Waals surface area contributed by atoms with Crippen molar-refractivity contribution in [1.82, 2.24) is 29.9 Å². The van der Waals surface area contributed by atoms with Gasteiger partial charge < -0.3 is 0 Å². The van der Waals surface area contributed by atoms with Crippen LogP contribution in [0.4, 0.5) is 0 Å². The Morgan fingerprint density at radius 1 is 0.388 bits per heavy atom. The number of hydrogen-bond acceptors (Lipinski definition) is 5. The lowest BCUT2D eigenvalue weighted by atomic mass is 9.94. The molecular weight excluding hydrogens is 601 g/mol. The lowest BCUT2D eigenvalue weighted by Crippen LogP contribution is -1.98. The topological polar surface area (TPSA) is 69.4 Å². The fraction of sp³-hybridized carbons (Fsp3) is 0. The first kappa shape index (κ1) is 28.4. The molecule has 4 aromatic heterocycles. The summed E-state index contributed by atoms with van der Waals surface area (Å²) >= 11 is 0. The highest BCUT2D eigenvalue weighted by atomic mass is 15.5. The van der Waals surface area contributed by atoms with Gasteiger partial charge in [-0.15, -0.1) is 10.2 Å². The summed E-state index contributed by atoms with van der Waals surface area (Å²) in [5, 5.41) is 12.4. The Bertz CT molecular complexity index is 2590. The molecule has 0 atom stereocenters. The number of hydrogen-bond donors (Lipinski definition) is 0. The fourth-order valence-corrected chi connectivity index (χ4v) is 6.45. The molecule has 0 radical (unpaired) electrons. The molecule has 0 aliphatic heterocycles. The summed E-state index contributed by atoms with van der Waals surface area (Å²) in [5.74, 6) is 0. The molecule has 6 nitrogen and oxygen atoms in total. The molecule has 0 saturated carbocycles. The smallest absolute Gasteiger partial charge is 0.121 e. The second kappa shape index (κ2) is 12.1. The summed E-state index contributed by atoms with van der Waals surface area (Å²) in [6, 6.07) is 46.2. The van der Waals surface area contributed by atoms with E-state index < -0.39 is 0 Å². The number of benzene rings is 5. The minimum atomic E-state index is 0.813. The Kier molecular flexibility index (Phi) is 7.02. The van der Waals surface area contributed by atoms with Crippen LogP contribution in [0.25, 0.3) is 83.1 Å². The van der Waals surface area contributed by atoms with Gasteiger partial charge in [-0.05, 0) is 87.3 Å². The van der Waals surface area contributed by atoms with E-state index in [4.69, 9.17) is 10.2 Å². The average Bonchev–Trinajstić information content (AvgIpc) is 3.63. The number of aromatic nitrogens is 6. The summed E-state index contributed by atoms with van der Waals surface area (Å²) in [6.07, 6.45) is 11.2. The zero-order valence-electron chi connectivity index (χ0n) is 26.3. The van der Waals surface area contributed by atoms with Gasteiger partial charge in [0.1, 0.15) is 11.0 Å². The van der Waals surface area contributed by atoms with E-state index in [0.29, 0.717) is 0 Å². The molecule has 9 rings (SSSR count). The van der Waals surface area contributed by atoms with E-state index in [0.717, 1.165) is 77.7 Å². The second-order valence-electron chi connectivity index (χ2n) is 12.0. The fourth-order valence-electron chi connectivity index (χ4n) is 6.45. The van der Waals surface area contributed by atoms with Crippen molar-refractivity contribution < 1.29 is 0 Å². The zero-order valence-corrected chi connectivity index (χ0v) is 26.3. The van der Waals surface area contributed by atoms with Crippen molar-refractivity contribution in [3.8, 4) is 61.3 Å². The van der Waals surface area contributed by atoms with Crippen LogP contribution in [0, 0.1) is 0 Å². The molecule has 0 aliphatic rings. The minimum Gasteiger partial charge on any atom is -0.264 e. The van der Waals surface area contributed by atoms with Gasteiger partial charge in [-0.25, -0.2) is 0 Å². The van der Waals surface area contributed by atoms with Crippen LogP contribution in [0.15, 0.2) is 171 Å². The Balaban J connectivity index is 1.17. The normalized spacial score (nSPS) is 11.3.